The van der Waals surface area contributed by atoms with Crippen molar-refractivity contribution in [2.75, 3.05) is 50.8 Å². The Labute approximate surface area is 216 Å². The predicted octanol–water partition coefficient (Wildman–Crippen LogP) is 2.93. The van der Waals surface area contributed by atoms with Crippen LogP contribution in [0, 0.1) is 5.92 Å². The number of anilines is 1. The topological polar surface area (TPSA) is 87.2 Å². The highest BCUT2D eigenvalue weighted by Gasteiger charge is 2.34. The monoisotopic (exact) mass is 512 g/mol. The lowest BCUT2D eigenvalue weighted by Crippen LogP contribution is -2.48. The first-order valence-corrected chi connectivity index (χ1v) is 14.3. The molecule has 0 saturated carbocycles. The number of aromatic nitrogens is 1. The van der Waals surface area contributed by atoms with Gasteiger partial charge in [0.2, 0.25) is 5.91 Å². The summed E-state index contributed by atoms with van der Waals surface area (Å²) in [6.07, 6.45) is 7.02. The molecule has 3 atom stereocenters. The number of rotatable bonds is 7. The Bertz CT molecular complexity index is 1060. The number of ether oxygens (including phenoxy) is 2. The number of hydrogen-bond donors (Lipinski definition) is 2. The van der Waals surface area contributed by atoms with Gasteiger partial charge in [0.05, 0.1) is 17.7 Å². The van der Waals surface area contributed by atoms with Crippen LogP contribution < -0.4 is 19.7 Å². The summed E-state index contributed by atoms with van der Waals surface area (Å²) >= 11 is 1.81. The first kappa shape index (κ1) is 24.0. The van der Waals surface area contributed by atoms with E-state index < -0.39 is 6.10 Å². The summed E-state index contributed by atoms with van der Waals surface area (Å²) in [5, 5.41) is 15.7. The van der Waals surface area contributed by atoms with Crippen LogP contribution in [-0.2, 0) is 17.6 Å². The van der Waals surface area contributed by atoms with Gasteiger partial charge < -0.3 is 29.7 Å². The molecule has 9 heteroatoms. The Kier molecular flexibility index (Phi) is 7.04. The van der Waals surface area contributed by atoms with Gasteiger partial charge in [0.15, 0.2) is 16.6 Å². The van der Waals surface area contributed by atoms with Gasteiger partial charge >= 0.3 is 0 Å². The maximum atomic E-state index is 13.4. The van der Waals surface area contributed by atoms with E-state index in [1.54, 1.807) is 0 Å². The second-order valence-electron chi connectivity index (χ2n) is 10.5. The average Bonchev–Trinajstić information content (AvgIpc) is 3.68. The van der Waals surface area contributed by atoms with Gasteiger partial charge in [-0.3, -0.25) is 4.79 Å². The molecule has 1 amide bonds. The number of hydrogen-bond acceptors (Lipinski definition) is 8. The molecule has 4 heterocycles. The minimum atomic E-state index is -0.825. The molecule has 3 aliphatic heterocycles. The van der Waals surface area contributed by atoms with Crippen LogP contribution in [-0.4, -0.2) is 72.9 Å². The fraction of sp³-hybridized carbons (Fsp3) is 0.630. The first-order chi connectivity index (χ1) is 17.6. The van der Waals surface area contributed by atoms with E-state index >= 15 is 0 Å². The second kappa shape index (κ2) is 10.6. The molecule has 4 aliphatic rings. The van der Waals surface area contributed by atoms with E-state index in [0.29, 0.717) is 37.8 Å². The molecule has 1 aliphatic carbocycles. The molecule has 194 valence electrons. The van der Waals surface area contributed by atoms with Crippen molar-refractivity contribution in [3.63, 3.8) is 0 Å². The van der Waals surface area contributed by atoms with Gasteiger partial charge in [-0.15, -0.1) is 11.3 Å². The lowest BCUT2D eigenvalue weighted by molar-refractivity contribution is -0.126. The van der Waals surface area contributed by atoms with E-state index in [9.17, 15) is 9.90 Å². The molecule has 2 N–H and O–H groups in total. The Hall–Kier alpha value is -2.36. The molecule has 0 spiro atoms. The number of aliphatic hydroxyl groups is 1. The Morgan fingerprint density at radius 3 is 2.75 bits per heavy atom. The number of nitrogens with zero attached hydrogens (tertiary/aromatic N) is 3. The fourth-order valence-electron chi connectivity index (χ4n) is 5.87. The number of amides is 1. The number of nitrogens with one attached hydrogen (secondary N) is 1. The third-order valence-corrected chi connectivity index (χ3v) is 9.15. The molecule has 36 heavy (non-hydrogen) atoms. The van der Waals surface area contributed by atoms with E-state index in [1.165, 1.54) is 23.4 Å². The Morgan fingerprint density at radius 2 is 1.92 bits per heavy atom. The minimum Gasteiger partial charge on any atom is -0.486 e. The van der Waals surface area contributed by atoms with Crippen molar-refractivity contribution in [2.24, 2.45) is 5.92 Å². The summed E-state index contributed by atoms with van der Waals surface area (Å²) in [4.78, 5) is 24.4. The number of aliphatic hydroxyl groups excluding tert-OH is 1. The summed E-state index contributed by atoms with van der Waals surface area (Å²) in [7, 11) is 0. The van der Waals surface area contributed by atoms with Crippen molar-refractivity contribution in [3.05, 3.63) is 34.3 Å². The van der Waals surface area contributed by atoms with Gasteiger partial charge in [0, 0.05) is 24.5 Å². The molecule has 0 unspecified atom stereocenters. The van der Waals surface area contributed by atoms with Crippen LogP contribution in [0.1, 0.15) is 54.3 Å². The van der Waals surface area contributed by atoms with Gasteiger partial charge in [-0.2, -0.15) is 0 Å². The number of carbonyl (C=O) groups excluding carboxylic acids is 1. The van der Waals surface area contributed by atoms with Crippen LogP contribution >= 0.6 is 11.3 Å². The maximum Gasteiger partial charge on any atom is 0.225 e. The van der Waals surface area contributed by atoms with Crippen molar-refractivity contribution in [3.8, 4) is 11.5 Å². The predicted molar refractivity (Wildman–Crippen MR) is 139 cm³/mol. The molecular weight excluding hydrogens is 476 g/mol. The molecule has 1 aromatic carbocycles. The third kappa shape index (κ3) is 5.06. The van der Waals surface area contributed by atoms with Crippen LogP contribution in [0.25, 0.3) is 0 Å². The highest BCUT2D eigenvalue weighted by atomic mass is 32.1. The number of fused-ring (bicyclic) bond motifs is 2. The lowest BCUT2D eigenvalue weighted by atomic mass is 9.99. The maximum absolute atomic E-state index is 13.4. The molecular formula is C27H36N4O4S. The van der Waals surface area contributed by atoms with Crippen LogP contribution in [0.3, 0.4) is 0 Å². The fourth-order valence-corrected chi connectivity index (χ4v) is 7.05. The van der Waals surface area contributed by atoms with E-state index in [1.807, 2.05) is 29.5 Å². The molecule has 0 radical (unpaired) electrons. The van der Waals surface area contributed by atoms with Crippen molar-refractivity contribution in [1.29, 1.82) is 0 Å². The molecule has 1 aromatic heterocycles. The van der Waals surface area contributed by atoms with Gasteiger partial charge in [-0.25, -0.2) is 4.98 Å². The SMILES string of the molecule is O=C(N[C@H](CN1CCCC1)[C@H](O)c1ccc2c(c1)OCCO2)[C@H]1CCN(c2nc3c(s2)CCCC3)C1. The Morgan fingerprint density at radius 1 is 1.11 bits per heavy atom. The summed E-state index contributed by atoms with van der Waals surface area (Å²) < 4.78 is 11.4. The summed E-state index contributed by atoms with van der Waals surface area (Å²) in [6.45, 7) is 5.22. The molecule has 2 fully saturated rings. The summed E-state index contributed by atoms with van der Waals surface area (Å²) in [6, 6.07) is 5.19. The number of thiazole rings is 1. The van der Waals surface area contributed by atoms with Gasteiger partial charge in [0.25, 0.3) is 0 Å². The molecule has 6 rings (SSSR count). The van der Waals surface area contributed by atoms with Gasteiger partial charge in [-0.1, -0.05) is 6.07 Å². The first-order valence-electron chi connectivity index (χ1n) is 13.5. The number of aryl methyl sites for hydroxylation is 2. The zero-order valence-corrected chi connectivity index (χ0v) is 21.6. The van der Waals surface area contributed by atoms with Crippen molar-refractivity contribution in [1.82, 2.24) is 15.2 Å². The van der Waals surface area contributed by atoms with Crippen LogP contribution in [0.5, 0.6) is 11.5 Å². The molecule has 2 aromatic rings. The normalized spacial score (nSPS) is 23.4. The molecule has 2 saturated heterocycles. The largest absolute Gasteiger partial charge is 0.486 e. The van der Waals surface area contributed by atoms with Gasteiger partial charge in [0.1, 0.15) is 19.3 Å². The van der Waals surface area contributed by atoms with Crippen molar-refractivity contribution >= 4 is 22.4 Å². The van der Waals surface area contributed by atoms with Gasteiger partial charge in [-0.05, 0) is 75.7 Å². The highest BCUT2D eigenvalue weighted by molar-refractivity contribution is 7.15. The zero-order valence-electron chi connectivity index (χ0n) is 20.8. The standard InChI is InChI=1S/C27H36N4O4S/c32-25(18-7-8-22-23(15-18)35-14-13-34-22)21(17-30-10-3-4-11-30)28-26(33)19-9-12-31(16-19)27-29-20-5-1-2-6-24(20)36-27/h7-8,15,19,21,25,32H,1-6,9-14,16-17H2,(H,28,33)/t19-,21+,25+/m0/s1. The average molecular weight is 513 g/mol. The van der Waals surface area contributed by atoms with Crippen LogP contribution in [0.15, 0.2) is 18.2 Å². The molecule has 8 nitrogen and oxygen atoms in total. The van der Waals surface area contributed by atoms with Crippen molar-refractivity contribution in [2.45, 2.75) is 57.1 Å². The van der Waals surface area contributed by atoms with E-state index in [0.717, 1.165) is 62.4 Å². The summed E-state index contributed by atoms with van der Waals surface area (Å²) in [5.74, 6) is 1.29. The molecule has 0 bridgehead atoms. The van der Waals surface area contributed by atoms with E-state index in [2.05, 4.69) is 15.1 Å². The van der Waals surface area contributed by atoms with Crippen molar-refractivity contribution < 1.29 is 19.4 Å². The van der Waals surface area contributed by atoms with E-state index in [4.69, 9.17) is 14.5 Å². The zero-order chi connectivity index (χ0) is 24.5. The number of likely N-dealkylation sites (tertiary alicyclic amines) is 1. The third-order valence-electron chi connectivity index (χ3n) is 7.93. The minimum absolute atomic E-state index is 0.0274. The highest BCUT2D eigenvalue weighted by Crippen LogP contribution is 2.35. The smallest absolute Gasteiger partial charge is 0.225 e. The lowest BCUT2D eigenvalue weighted by Gasteiger charge is -2.30. The Balaban J connectivity index is 1.14. The number of benzene rings is 1. The quantitative estimate of drug-likeness (QED) is 0.590. The summed E-state index contributed by atoms with van der Waals surface area (Å²) in [5.41, 5.74) is 2.01. The number of carbonyl (C=O) groups is 1. The second-order valence-corrected chi connectivity index (χ2v) is 11.5. The van der Waals surface area contributed by atoms with Crippen LogP contribution in [0.4, 0.5) is 5.13 Å². The van der Waals surface area contributed by atoms with E-state index in [-0.39, 0.29) is 17.9 Å². The van der Waals surface area contributed by atoms with Crippen LogP contribution in [0.2, 0.25) is 0 Å².